The number of hydrogen-bond donors (Lipinski definition) is 2. The van der Waals surface area contributed by atoms with Crippen molar-refractivity contribution in [3.63, 3.8) is 0 Å². The minimum absolute atomic E-state index is 0.0732. The summed E-state index contributed by atoms with van der Waals surface area (Å²) in [6.07, 6.45) is 1.65. The predicted octanol–water partition coefficient (Wildman–Crippen LogP) is 2.73. The van der Waals surface area contributed by atoms with Gasteiger partial charge in [-0.2, -0.15) is 0 Å². The maximum absolute atomic E-state index is 11.7. The van der Waals surface area contributed by atoms with Gasteiger partial charge in [0, 0.05) is 5.69 Å². The van der Waals surface area contributed by atoms with Crippen molar-refractivity contribution >= 4 is 15.7 Å². The molecular weight excluding hydrogens is 272 g/mol. The lowest BCUT2D eigenvalue weighted by Crippen LogP contribution is -2.23. The maximum Gasteiger partial charge on any atom is 0.232 e. The second-order valence-corrected chi connectivity index (χ2v) is 7.58. The van der Waals surface area contributed by atoms with Crippen molar-refractivity contribution in [2.75, 3.05) is 24.1 Å². The van der Waals surface area contributed by atoms with Crippen molar-refractivity contribution in [3.05, 3.63) is 29.8 Å². The van der Waals surface area contributed by atoms with E-state index < -0.39 is 10.0 Å². The van der Waals surface area contributed by atoms with E-state index in [1.807, 2.05) is 38.2 Å². The maximum atomic E-state index is 11.7. The molecule has 0 aliphatic rings. The monoisotopic (exact) mass is 298 g/mol. The summed E-state index contributed by atoms with van der Waals surface area (Å²) in [5, 5.41) is 3.16. The summed E-state index contributed by atoms with van der Waals surface area (Å²) in [7, 11) is -1.26. The van der Waals surface area contributed by atoms with Gasteiger partial charge < -0.3 is 5.32 Å². The Labute approximate surface area is 123 Å². The van der Waals surface area contributed by atoms with Gasteiger partial charge in [-0.25, -0.2) is 8.42 Å². The number of nitrogens with one attached hydrogen (secondary N) is 2. The molecule has 0 spiro atoms. The summed E-state index contributed by atoms with van der Waals surface area (Å²) in [6.45, 7) is 7.20. The molecular formula is C15H26N2O2S. The van der Waals surface area contributed by atoms with Crippen molar-refractivity contribution in [2.24, 2.45) is 0 Å². The molecule has 0 aliphatic carbocycles. The third kappa shape index (κ3) is 5.13. The van der Waals surface area contributed by atoms with Gasteiger partial charge in [-0.05, 0) is 49.5 Å². The van der Waals surface area contributed by atoms with Gasteiger partial charge in [-0.1, -0.05) is 32.9 Å². The third-order valence-electron chi connectivity index (χ3n) is 3.41. The van der Waals surface area contributed by atoms with Gasteiger partial charge in [0.15, 0.2) is 0 Å². The van der Waals surface area contributed by atoms with Crippen LogP contribution in [0.1, 0.15) is 39.2 Å². The lowest BCUT2D eigenvalue weighted by atomic mass is 9.81. The molecule has 4 nitrogen and oxygen atoms in total. The highest BCUT2D eigenvalue weighted by atomic mass is 32.2. The Balaban J connectivity index is 2.79. The quantitative estimate of drug-likeness (QED) is 0.776. The Morgan fingerprint density at radius 1 is 1.15 bits per heavy atom. The molecule has 1 aromatic carbocycles. The molecule has 5 heteroatoms. The Kier molecular flexibility index (Phi) is 6.02. The smallest absolute Gasteiger partial charge is 0.232 e. The van der Waals surface area contributed by atoms with Crippen LogP contribution >= 0.6 is 0 Å². The lowest BCUT2D eigenvalue weighted by Gasteiger charge is -2.25. The van der Waals surface area contributed by atoms with Gasteiger partial charge in [0.05, 0.1) is 5.75 Å². The standard InChI is InChI=1S/C15H26N2O2S/c1-5-12-20(18,19)17-14-8-6-13(7-9-14)15(2,3)10-11-16-4/h6-9,16-17H,5,10-12H2,1-4H3. The second-order valence-electron chi connectivity index (χ2n) is 5.74. The van der Waals surface area contributed by atoms with Crippen LogP contribution < -0.4 is 10.0 Å². The fraction of sp³-hybridized carbons (Fsp3) is 0.600. The lowest BCUT2D eigenvalue weighted by molar-refractivity contribution is 0.469. The van der Waals surface area contributed by atoms with E-state index in [-0.39, 0.29) is 11.2 Å². The first kappa shape index (κ1) is 17.0. The van der Waals surface area contributed by atoms with E-state index in [1.165, 1.54) is 5.56 Å². The first-order valence-electron chi connectivity index (χ1n) is 7.06. The molecule has 0 aromatic heterocycles. The number of hydrogen-bond acceptors (Lipinski definition) is 3. The Morgan fingerprint density at radius 3 is 2.25 bits per heavy atom. The second kappa shape index (κ2) is 7.09. The minimum atomic E-state index is -3.21. The summed E-state index contributed by atoms with van der Waals surface area (Å²) in [6, 6.07) is 7.67. The van der Waals surface area contributed by atoms with Gasteiger partial charge in [0.1, 0.15) is 0 Å². The zero-order valence-electron chi connectivity index (χ0n) is 12.9. The van der Waals surface area contributed by atoms with Crippen molar-refractivity contribution in [2.45, 2.75) is 39.0 Å². The number of sulfonamides is 1. The van der Waals surface area contributed by atoms with E-state index in [1.54, 1.807) is 0 Å². The van der Waals surface area contributed by atoms with Crippen LogP contribution in [0.5, 0.6) is 0 Å². The van der Waals surface area contributed by atoms with E-state index >= 15 is 0 Å². The molecule has 114 valence electrons. The molecule has 0 unspecified atom stereocenters. The molecule has 1 aromatic rings. The summed E-state index contributed by atoms with van der Waals surface area (Å²) in [4.78, 5) is 0. The zero-order chi connectivity index (χ0) is 15.2. The van der Waals surface area contributed by atoms with Crippen LogP contribution in [0.3, 0.4) is 0 Å². The average Bonchev–Trinajstić information content (AvgIpc) is 2.36. The Morgan fingerprint density at radius 2 is 1.75 bits per heavy atom. The molecule has 0 bridgehead atoms. The third-order valence-corrected chi connectivity index (χ3v) is 4.90. The minimum Gasteiger partial charge on any atom is -0.320 e. The number of anilines is 1. The van der Waals surface area contributed by atoms with Crippen molar-refractivity contribution in [1.82, 2.24) is 5.32 Å². The SMILES string of the molecule is CCCS(=O)(=O)Nc1ccc(C(C)(C)CCNC)cc1. The summed E-state index contributed by atoms with van der Waals surface area (Å²) >= 11 is 0. The first-order chi connectivity index (χ1) is 9.30. The molecule has 0 heterocycles. The molecule has 0 amide bonds. The van der Waals surface area contributed by atoms with E-state index in [0.29, 0.717) is 12.1 Å². The molecule has 0 saturated heterocycles. The topological polar surface area (TPSA) is 58.2 Å². The first-order valence-corrected chi connectivity index (χ1v) is 8.71. The van der Waals surface area contributed by atoms with Gasteiger partial charge in [0.2, 0.25) is 10.0 Å². The predicted molar refractivity (Wildman–Crippen MR) is 85.7 cm³/mol. The normalized spacial score (nSPS) is 12.4. The summed E-state index contributed by atoms with van der Waals surface area (Å²) in [5.74, 6) is 0.155. The fourth-order valence-electron chi connectivity index (χ4n) is 2.07. The largest absolute Gasteiger partial charge is 0.320 e. The molecule has 1 rings (SSSR count). The van der Waals surface area contributed by atoms with Crippen molar-refractivity contribution in [1.29, 1.82) is 0 Å². The van der Waals surface area contributed by atoms with Crippen molar-refractivity contribution < 1.29 is 8.42 Å². The van der Waals surface area contributed by atoms with Gasteiger partial charge >= 0.3 is 0 Å². The van der Waals surface area contributed by atoms with Crippen LogP contribution in [-0.2, 0) is 15.4 Å². The number of benzene rings is 1. The Hall–Kier alpha value is -1.07. The van der Waals surface area contributed by atoms with Crippen LogP contribution in [0.25, 0.3) is 0 Å². The van der Waals surface area contributed by atoms with E-state index in [0.717, 1.165) is 13.0 Å². The average molecular weight is 298 g/mol. The van der Waals surface area contributed by atoms with Crippen LogP contribution in [0.2, 0.25) is 0 Å². The van der Waals surface area contributed by atoms with Crippen LogP contribution in [0, 0.1) is 0 Å². The number of rotatable bonds is 8. The van der Waals surface area contributed by atoms with Gasteiger partial charge in [0.25, 0.3) is 0 Å². The van der Waals surface area contributed by atoms with Gasteiger partial charge in [-0.3, -0.25) is 4.72 Å². The molecule has 2 N–H and O–H groups in total. The highest BCUT2D eigenvalue weighted by Gasteiger charge is 2.19. The van der Waals surface area contributed by atoms with E-state index in [4.69, 9.17) is 0 Å². The summed E-state index contributed by atoms with van der Waals surface area (Å²) < 4.78 is 26.0. The van der Waals surface area contributed by atoms with Crippen LogP contribution in [0.4, 0.5) is 5.69 Å². The molecule has 20 heavy (non-hydrogen) atoms. The molecule has 0 fully saturated rings. The van der Waals surface area contributed by atoms with Crippen LogP contribution in [-0.4, -0.2) is 27.8 Å². The molecule has 0 radical (unpaired) electrons. The highest BCUT2D eigenvalue weighted by Crippen LogP contribution is 2.27. The van der Waals surface area contributed by atoms with Crippen molar-refractivity contribution in [3.8, 4) is 0 Å². The molecule has 0 atom stereocenters. The molecule has 0 saturated carbocycles. The van der Waals surface area contributed by atoms with Crippen LogP contribution in [0.15, 0.2) is 24.3 Å². The van der Waals surface area contributed by atoms with E-state index in [2.05, 4.69) is 23.9 Å². The zero-order valence-corrected chi connectivity index (χ0v) is 13.7. The highest BCUT2D eigenvalue weighted by molar-refractivity contribution is 7.92. The Bertz CT molecular complexity index is 507. The summed E-state index contributed by atoms with van der Waals surface area (Å²) in [5.41, 5.74) is 1.92. The molecule has 0 aliphatic heterocycles. The fourth-order valence-corrected chi connectivity index (χ4v) is 3.21. The van der Waals surface area contributed by atoms with E-state index in [9.17, 15) is 8.42 Å². The van der Waals surface area contributed by atoms with Gasteiger partial charge in [-0.15, -0.1) is 0 Å².